The van der Waals surface area contributed by atoms with Crippen molar-refractivity contribution in [3.8, 4) is 11.4 Å². The molecule has 1 amide bonds. The predicted molar refractivity (Wildman–Crippen MR) is 135 cm³/mol. The van der Waals surface area contributed by atoms with Crippen LogP contribution in [0.2, 0.25) is 0 Å². The van der Waals surface area contributed by atoms with Crippen molar-refractivity contribution >= 4 is 23.9 Å². The van der Waals surface area contributed by atoms with Crippen LogP contribution in [0.3, 0.4) is 0 Å². The van der Waals surface area contributed by atoms with Gasteiger partial charge in [-0.15, -0.1) is 0 Å². The van der Waals surface area contributed by atoms with Crippen LogP contribution in [0.4, 0.5) is 22.6 Å². The fourth-order valence-electron chi connectivity index (χ4n) is 4.59. The Hall–Kier alpha value is -3.28. The molecule has 5 rings (SSSR count). The van der Waals surface area contributed by atoms with Gasteiger partial charge in [-0.2, -0.15) is 15.0 Å². The van der Waals surface area contributed by atoms with E-state index in [1.165, 1.54) is 0 Å². The van der Waals surface area contributed by atoms with Gasteiger partial charge in [-0.05, 0) is 46.5 Å². The molecule has 3 aliphatic rings. The minimum absolute atomic E-state index is 0.206. The molecule has 2 aromatic heterocycles. The molecule has 12 heteroatoms. The number of hydrogen-bond donors (Lipinski definition) is 1. The van der Waals surface area contributed by atoms with Gasteiger partial charge in [0.2, 0.25) is 17.8 Å². The number of nitrogens with zero attached hydrogens (tertiary/aromatic N) is 8. The van der Waals surface area contributed by atoms with E-state index in [9.17, 15) is 4.79 Å². The monoisotopic (exact) mass is 497 g/mol. The highest BCUT2D eigenvalue weighted by Gasteiger charge is 2.39. The molecule has 2 aromatic rings. The van der Waals surface area contributed by atoms with Crippen LogP contribution in [-0.2, 0) is 9.47 Å². The van der Waals surface area contributed by atoms with Gasteiger partial charge in [-0.3, -0.25) is 0 Å². The Morgan fingerprint density at radius 2 is 1.64 bits per heavy atom. The van der Waals surface area contributed by atoms with Gasteiger partial charge in [-0.25, -0.2) is 14.8 Å². The van der Waals surface area contributed by atoms with E-state index in [1.807, 2.05) is 20.8 Å². The Balaban J connectivity index is 1.41. The smallest absolute Gasteiger partial charge is 0.410 e. The third-order valence-corrected chi connectivity index (χ3v) is 6.52. The van der Waals surface area contributed by atoms with Crippen LogP contribution in [-0.4, -0.2) is 93.0 Å². The number of morpholine rings is 1. The lowest BCUT2D eigenvalue weighted by Crippen LogP contribution is -2.49. The van der Waals surface area contributed by atoms with E-state index < -0.39 is 5.60 Å². The SMILES string of the molecule is CC(C)(C)OC(=O)N1CCC(N(c2nc(-c3cnc(N)nc3)nc(N3CCOCC3)n2)C2CC2)CC1. The highest BCUT2D eigenvalue weighted by molar-refractivity contribution is 5.68. The van der Waals surface area contributed by atoms with Gasteiger partial charge in [0, 0.05) is 50.7 Å². The molecule has 4 heterocycles. The average Bonchev–Trinajstić information content (AvgIpc) is 3.69. The van der Waals surface area contributed by atoms with Gasteiger partial charge in [0.1, 0.15) is 5.60 Å². The van der Waals surface area contributed by atoms with Crippen LogP contribution in [0.15, 0.2) is 12.4 Å². The van der Waals surface area contributed by atoms with Crippen molar-refractivity contribution in [3.05, 3.63) is 12.4 Å². The number of rotatable bonds is 5. The fourth-order valence-corrected chi connectivity index (χ4v) is 4.59. The number of ether oxygens (including phenoxy) is 2. The van der Waals surface area contributed by atoms with Crippen molar-refractivity contribution in [1.29, 1.82) is 0 Å². The lowest BCUT2D eigenvalue weighted by molar-refractivity contribution is 0.0204. The van der Waals surface area contributed by atoms with Crippen molar-refractivity contribution in [2.75, 3.05) is 54.9 Å². The first kappa shape index (κ1) is 24.4. The zero-order valence-corrected chi connectivity index (χ0v) is 21.3. The van der Waals surface area contributed by atoms with E-state index in [2.05, 4.69) is 19.8 Å². The summed E-state index contributed by atoms with van der Waals surface area (Å²) in [5.74, 6) is 2.03. The largest absolute Gasteiger partial charge is 0.444 e. The number of hydrogen-bond acceptors (Lipinski definition) is 11. The number of likely N-dealkylation sites (tertiary alicyclic amines) is 1. The third-order valence-electron chi connectivity index (χ3n) is 6.52. The molecule has 3 fully saturated rings. The first-order valence-corrected chi connectivity index (χ1v) is 12.7. The normalized spacial score (nSPS) is 19.3. The Morgan fingerprint density at radius 3 is 2.25 bits per heavy atom. The van der Waals surface area contributed by atoms with Gasteiger partial charge in [-0.1, -0.05) is 0 Å². The van der Waals surface area contributed by atoms with Crippen LogP contribution in [0, 0.1) is 0 Å². The second kappa shape index (κ2) is 10.00. The van der Waals surface area contributed by atoms with Crippen molar-refractivity contribution in [1.82, 2.24) is 29.8 Å². The molecule has 1 aliphatic carbocycles. The number of amides is 1. The maximum Gasteiger partial charge on any atom is 0.410 e. The summed E-state index contributed by atoms with van der Waals surface area (Å²) in [4.78, 5) is 41.7. The van der Waals surface area contributed by atoms with Gasteiger partial charge in [0.15, 0.2) is 5.82 Å². The summed E-state index contributed by atoms with van der Waals surface area (Å²) in [6.45, 7) is 9.67. The third kappa shape index (κ3) is 5.75. The minimum Gasteiger partial charge on any atom is -0.444 e. The molecule has 36 heavy (non-hydrogen) atoms. The molecule has 194 valence electrons. The maximum absolute atomic E-state index is 12.6. The topological polar surface area (TPSA) is 136 Å². The molecule has 2 saturated heterocycles. The molecular formula is C24H35N9O3. The van der Waals surface area contributed by atoms with E-state index in [-0.39, 0.29) is 18.1 Å². The van der Waals surface area contributed by atoms with Gasteiger partial charge in [0.25, 0.3) is 0 Å². The summed E-state index contributed by atoms with van der Waals surface area (Å²) in [6, 6.07) is 0.616. The Kier molecular flexibility index (Phi) is 6.78. The predicted octanol–water partition coefficient (Wildman–Crippen LogP) is 2.12. The number of carbonyl (C=O) groups excluding carboxylic acids is 1. The Bertz CT molecular complexity index is 1060. The summed E-state index contributed by atoms with van der Waals surface area (Å²) in [7, 11) is 0. The van der Waals surface area contributed by atoms with Crippen molar-refractivity contribution in [2.45, 2.75) is 64.1 Å². The van der Waals surface area contributed by atoms with E-state index in [4.69, 9.17) is 30.2 Å². The Labute approximate surface area is 211 Å². The number of nitrogens with two attached hydrogens (primary N) is 1. The van der Waals surface area contributed by atoms with Crippen molar-refractivity contribution in [2.24, 2.45) is 0 Å². The van der Waals surface area contributed by atoms with E-state index in [1.54, 1.807) is 17.3 Å². The summed E-state index contributed by atoms with van der Waals surface area (Å²) in [5.41, 5.74) is 5.89. The maximum atomic E-state index is 12.6. The minimum atomic E-state index is -0.503. The molecule has 2 aliphatic heterocycles. The molecule has 0 radical (unpaired) electrons. The molecule has 0 atom stereocenters. The lowest BCUT2D eigenvalue weighted by atomic mass is 10.0. The summed E-state index contributed by atoms with van der Waals surface area (Å²) >= 11 is 0. The zero-order valence-electron chi connectivity index (χ0n) is 21.3. The summed E-state index contributed by atoms with van der Waals surface area (Å²) in [6.07, 6.45) is 6.90. The lowest BCUT2D eigenvalue weighted by Gasteiger charge is -2.39. The number of carbonyl (C=O) groups is 1. The summed E-state index contributed by atoms with van der Waals surface area (Å²) < 4.78 is 11.1. The van der Waals surface area contributed by atoms with Crippen LogP contribution in [0.1, 0.15) is 46.5 Å². The van der Waals surface area contributed by atoms with Crippen LogP contribution < -0.4 is 15.5 Å². The van der Waals surface area contributed by atoms with Crippen LogP contribution in [0.5, 0.6) is 0 Å². The zero-order chi connectivity index (χ0) is 25.3. The number of aromatic nitrogens is 5. The second-order valence-electron chi connectivity index (χ2n) is 10.5. The number of anilines is 3. The molecule has 0 aromatic carbocycles. The van der Waals surface area contributed by atoms with Gasteiger partial charge in [0.05, 0.1) is 18.8 Å². The first-order valence-electron chi connectivity index (χ1n) is 12.7. The molecular weight excluding hydrogens is 462 g/mol. The molecule has 0 unspecified atom stereocenters. The van der Waals surface area contributed by atoms with Crippen molar-refractivity contribution in [3.63, 3.8) is 0 Å². The fraction of sp³-hybridized carbons (Fsp3) is 0.667. The van der Waals surface area contributed by atoms with Crippen molar-refractivity contribution < 1.29 is 14.3 Å². The average molecular weight is 498 g/mol. The highest BCUT2D eigenvalue weighted by Crippen LogP contribution is 2.36. The molecule has 0 spiro atoms. The molecule has 2 N–H and O–H groups in total. The Morgan fingerprint density at radius 1 is 1.00 bits per heavy atom. The number of nitrogen functional groups attached to an aromatic ring is 1. The standard InChI is InChI=1S/C24H35N9O3/c1-24(2,3)36-23(34)32-8-6-18(7-9-32)33(17-4-5-17)22-29-19(16-14-26-20(25)27-15-16)28-21(30-22)31-10-12-35-13-11-31/h14-15,17-18H,4-13H2,1-3H3,(H2,25,26,27). The molecule has 1 saturated carbocycles. The quantitative estimate of drug-likeness (QED) is 0.650. The van der Waals surface area contributed by atoms with Crippen LogP contribution >= 0.6 is 0 Å². The van der Waals surface area contributed by atoms with Gasteiger partial charge >= 0.3 is 6.09 Å². The molecule has 0 bridgehead atoms. The van der Waals surface area contributed by atoms with Crippen LogP contribution in [0.25, 0.3) is 11.4 Å². The summed E-state index contributed by atoms with van der Waals surface area (Å²) in [5, 5.41) is 0. The highest BCUT2D eigenvalue weighted by atomic mass is 16.6. The molecule has 12 nitrogen and oxygen atoms in total. The van der Waals surface area contributed by atoms with E-state index >= 15 is 0 Å². The first-order chi connectivity index (χ1) is 17.3. The van der Waals surface area contributed by atoms with E-state index in [0.29, 0.717) is 55.6 Å². The number of piperidine rings is 1. The van der Waals surface area contributed by atoms with Gasteiger partial charge < -0.3 is 29.9 Å². The second-order valence-corrected chi connectivity index (χ2v) is 10.5. The van der Waals surface area contributed by atoms with E-state index in [0.717, 1.165) is 38.8 Å².